The van der Waals surface area contributed by atoms with Gasteiger partial charge in [-0.1, -0.05) is 23.7 Å². The van der Waals surface area contributed by atoms with Crippen molar-refractivity contribution in [3.8, 4) is 6.01 Å². The van der Waals surface area contributed by atoms with Gasteiger partial charge < -0.3 is 36.1 Å². The zero-order valence-electron chi connectivity index (χ0n) is 28.0. The first-order valence-corrected chi connectivity index (χ1v) is 16.3. The molecule has 14 nitrogen and oxygen atoms in total. The van der Waals surface area contributed by atoms with E-state index in [-0.39, 0.29) is 36.1 Å². The van der Waals surface area contributed by atoms with Crippen LogP contribution in [0, 0.1) is 11.6 Å². The summed E-state index contributed by atoms with van der Waals surface area (Å²) in [6.45, 7) is -1.92. The third-order valence-corrected chi connectivity index (χ3v) is 8.03. The molecule has 3 amide bonds. The van der Waals surface area contributed by atoms with E-state index in [1.165, 1.54) is 24.3 Å². The lowest BCUT2D eigenvalue weighted by atomic mass is 10.1. The van der Waals surface area contributed by atoms with Gasteiger partial charge in [0.25, 0.3) is 5.91 Å². The molecule has 1 aromatic heterocycles. The number of esters is 1. The quantitative estimate of drug-likeness (QED) is 0.0659. The highest BCUT2D eigenvalue weighted by molar-refractivity contribution is 6.39. The van der Waals surface area contributed by atoms with Gasteiger partial charge in [0.05, 0.1) is 12.6 Å². The smallest absolute Gasteiger partial charge is 0.422 e. The van der Waals surface area contributed by atoms with Crippen molar-refractivity contribution in [2.45, 2.75) is 37.0 Å². The summed E-state index contributed by atoms with van der Waals surface area (Å²) >= 11 is 6.01. The number of hydrogen-bond acceptors (Lipinski definition) is 11. The molecule has 0 bridgehead atoms. The van der Waals surface area contributed by atoms with Crippen molar-refractivity contribution in [3.05, 3.63) is 94.5 Å². The van der Waals surface area contributed by atoms with Gasteiger partial charge in [-0.3, -0.25) is 14.4 Å². The summed E-state index contributed by atoms with van der Waals surface area (Å²) in [4.78, 5) is 62.0. The third-order valence-electron chi connectivity index (χ3n) is 7.77. The minimum absolute atomic E-state index is 0.0536. The first-order valence-electron chi connectivity index (χ1n) is 15.9. The molecule has 0 saturated heterocycles. The number of carbonyl (C=O) groups is 4. The number of nitrogens with zero attached hydrogens (tertiary/aromatic N) is 3. The molecule has 1 fully saturated rings. The molecule has 4 aromatic rings. The van der Waals surface area contributed by atoms with E-state index in [4.69, 9.17) is 21.1 Å². The van der Waals surface area contributed by atoms with E-state index < -0.39 is 65.7 Å². The average Bonchev–Trinajstić information content (AvgIpc) is 3.91. The summed E-state index contributed by atoms with van der Waals surface area (Å²) in [5.41, 5.74) is 0.529. The summed E-state index contributed by atoms with van der Waals surface area (Å²) < 4.78 is 74.9. The summed E-state index contributed by atoms with van der Waals surface area (Å²) in [7, 11) is 1.08. The number of amides is 3. The summed E-state index contributed by atoms with van der Waals surface area (Å²) in [6, 6.07) is 13.3. The van der Waals surface area contributed by atoms with E-state index in [9.17, 15) is 41.1 Å². The Morgan fingerprint density at radius 2 is 1.54 bits per heavy atom. The van der Waals surface area contributed by atoms with Crippen molar-refractivity contribution in [1.82, 2.24) is 25.6 Å². The Morgan fingerprint density at radius 3 is 2.17 bits per heavy atom. The number of benzene rings is 3. The van der Waals surface area contributed by atoms with Crippen molar-refractivity contribution >= 4 is 58.6 Å². The number of rotatable bonds is 14. The molecule has 1 aliphatic rings. The third kappa shape index (κ3) is 10.7. The molecule has 1 aliphatic carbocycles. The number of anilines is 4. The Kier molecular flexibility index (Phi) is 12.1. The number of methoxy groups -OCH3 is 1. The second-order valence-corrected chi connectivity index (χ2v) is 12.2. The second kappa shape index (κ2) is 16.7. The molecule has 3 aromatic carbocycles. The highest BCUT2D eigenvalue weighted by atomic mass is 35.5. The number of hydrogen-bond donors (Lipinski definition) is 5. The molecule has 1 atom stereocenters. The highest BCUT2D eigenvalue weighted by Crippen LogP contribution is 2.48. The van der Waals surface area contributed by atoms with Crippen LogP contribution in [0.2, 0.25) is 5.02 Å². The van der Waals surface area contributed by atoms with E-state index in [1.54, 1.807) is 12.1 Å². The van der Waals surface area contributed by atoms with Gasteiger partial charge in [0.2, 0.25) is 11.9 Å². The van der Waals surface area contributed by atoms with Crippen LogP contribution in [-0.2, 0) is 24.7 Å². The fourth-order valence-corrected chi connectivity index (χ4v) is 5.04. The molecule has 0 spiro atoms. The fourth-order valence-electron chi connectivity index (χ4n) is 4.91. The van der Waals surface area contributed by atoms with Crippen molar-refractivity contribution < 1.29 is 50.6 Å². The molecule has 5 rings (SSSR count). The van der Waals surface area contributed by atoms with E-state index in [1.807, 2.05) is 12.1 Å². The van der Waals surface area contributed by atoms with E-state index >= 15 is 0 Å². The number of halogens is 6. The van der Waals surface area contributed by atoms with E-state index in [0.29, 0.717) is 29.6 Å². The Hall–Kier alpha value is -6.11. The molecular formula is C34H30ClF5N8O6. The Labute approximate surface area is 308 Å². The Balaban J connectivity index is 1.20. The lowest BCUT2D eigenvalue weighted by molar-refractivity contribution is -0.154. The molecule has 284 valence electrons. The average molecular weight is 777 g/mol. The van der Waals surface area contributed by atoms with Crippen LogP contribution in [0.25, 0.3) is 0 Å². The summed E-state index contributed by atoms with van der Waals surface area (Å²) in [5, 5.41) is 13.4. The molecule has 20 heteroatoms. The Morgan fingerprint density at radius 1 is 0.870 bits per heavy atom. The van der Waals surface area contributed by atoms with Gasteiger partial charge in [-0.15, -0.1) is 0 Å². The second-order valence-electron chi connectivity index (χ2n) is 11.8. The van der Waals surface area contributed by atoms with Gasteiger partial charge in [0.1, 0.15) is 6.04 Å². The summed E-state index contributed by atoms with van der Waals surface area (Å²) in [5.74, 6) is -6.50. The number of alkyl halides is 3. The molecule has 0 unspecified atom stereocenters. The van der Waals surface area contributed by atoms with Crippen LogP contribution in [0.4, 0.5) is 45.2 Å². The van der Waals surface area contributed by atoms with Crippen LogP contribution in [0.1, 0.15) is 35.2 Å². The largest absolute Gasteiger partial charge is 0.467 e. The van der Waals surface area contributed by atoms with Crippen LogP contribution in [-0.4, -0.2) is 71.1 Å². The summed E-state index contributed by atoms with van der Waals surface area (Å²) in [6.07, 6.45) is -3.47. The predicted octanol–water partition coefficient (Wildman–Crippen LogP) is 5.01. The van der Waals surface area contributed by atoms with Gasteiger partial charge in [-0.05, 0) is 73.4 Å². The lowest BCUT2D eigenvalue weighted by Gasteiger charge is -2.19. The maximum atomic E-state index is 13.4. The minimum atomic E-state index is -4.66. The van der Waals surface area contributed by atoms with E-state index in [0.717, 1.165) is 24.8 Å². The topological polar surface area (TPSA) is 186 Å². The van der Waals surface area contributed by atoms with Crippen LogP contribution in [0.5, 0.6) is 6.01 Å². The standard InChI is InChI=1S/C34H30ClF5N8O6/c1-53-29(52)25(12-15-41-27(50)28(51)42-22-10-11-23(36)24(37)16-22)44-26(49)18-2-8-21(9-3-18)43-30-45-31(47-32(46-30)54-17-34(38,39)40)48-33(13-14-33)19-4-6-20(35)7-5-19/h2-11,16,25H,12-15,17H2,1H3,(H,41,50)(H,42,51)(H,44,49)(H2,43,45,46,47,48)/t25-/m0/s1. The SMILES string of the molecule is COC(=O)[C@H](CCNC(=O)C(=O)Nc1ccc(F)c(F)c1)NC(=O)c1ccc(Nc2nc(NC3(c4ccc(Cl)cc4)CC3)nc(OCC(F)(F)F)n2)cc1. The van der Waals surface area contributed by atoms with Crippen LogP contribution < -0.4 is 31.3 Å². The monoisotopic (exact) mass is 776 g/mol. The van der Waals surface area contributed by atoms with Crippen LogP contribution in [0.15, 0.2) is 66.7 Å². The molecule has 1 heterocycles. The van der Waals surface area contributed by atoms with Gasteiger partial charge in [0.15, 0.2) is 18.2 Å². The Bertz CT molecular complexity index is 2020. The zero-order valence-corrected chi connectivity index (χ0v) is 28.8. The van der Waals surface area contributed by atoms with Crippen molar-refractivity contribution in [2.75, 3.05) is 36.2 Å². The maximum absolute atomic E-state index is 13.4. The zero-order chi connectivity index (χ0) is 39.0. The normalized spacial score (nSPS) is 13.5. The van der Waals surface area contributed by atoms with Gasteiger partial charge in [-0.2, -0.15) is 28.1 Å². The molecule has 54 heavy (non-hydrogen) atoms. The van der Waals surface area contributed by atoms with Crippen LogP contribution >= 0.6 is 11.6 Å². The minimum Gasteiger partial charge on any atom is -0.467 e. The number of aromatic nitrogens is 3. The first kappa shape index (κ1) is 39.1. The lowest BCUT2D eigenvalue weighted by Crippen LogP contribution is -2.44. The number of carbonyl (C=O) groups excluding carboxylic acids is 4. The van der Waals surface area contributed by atoms with Gasteiger partial charge >= 0.3 is 30.0 Å². The fraction of sp³-hybridized carbons (Fsp3) is 0.265. The van der Waals surface area contributed by atoms with Crippen molar-refractivity contribution in [1.29, 1.82) is 0 Å². The molecule has 1 saturated carbocycles. The van der Waals surface area contributed by atoms with Crippen molar-refractivity contribution in [2.24, 2.45) is 0 Å². The molecule has 0 radical (unpaired) electrons. The number of nitrogens with one attached hydrogen (secondary N) is 5. The van der Waals surface area contributed by atoms with Gasteiger partial charge in [0, 0.05) is 34.6 Å². The molecule has 5 N–H and O–H groups in total. The van der Waals surface area contributed by atoms with E-state index in [2.05, 4.69) is 41.5 Å². The highest BCUT2D eigenvalue weighted by Gasteiger charge is 2.45. The maximum Gasteiger partial charge on any atom is 0.422 e. The molecule has 0 aliphatic heterocycles. The number of ether oxygens (including phenoxy) is 2. The van der Waals surface area contributed by atoms with Crippen LogP contribution in [0.3, 0.4) is 0 Å². The van der Waals surface area contributed by atoms with Gasteiger partial charge in [-0.25, -0.2) is 13.6 Å². The van der Waals surface area contributed by atoms with Crippen molar-refractivity contribution in [3.63, 3.8) is 0 Å². The molecular weight excluding hydrogens is 747 g/mol. The predicted molar refractivity (Wildman–Crippen MR) is 183 cm³/mol. The first-order chi connectivity index (χ1) is 25.6.